The van der Waals surface area contributed by atoms with E-state index in [2.05, 4.69) is 29.3 Å². The lowest BCUT2D eigenvalue weighted by Gasteiger charge is -2.32. The molecule has 23 heavy (non-hydrogen) atoms. The average molecular weight is 315 g/mol. The van der Waals surface area contributed by atoms with Crippen molar-refractivity contribution in [2.75, 3.05) is 30.4 Å². The number of piperidine rings is 1. The predicted molar refractivity (Wildman–Crippen MR) is 91.5 cm³/mol. The van der Waals surface area contributed by atoms with Gasteiger partial charge in [-0.2, -0.15) is 0 Å². The maximum Gasteiger partial charge on any atom is 0.247 e. The summed E-state index contributed by atoms with van der Waals surface area (Å²) >= 11 is 0. The van der Waals surface area contributed by atoms with Gasteiger partial charge in [-0.05, 0) is 49.4 Å². The Kier molecular flexibility index (Phi) is 4.55. The van der Waals surface area contributed by atoms with Crippen molar-refractivity contribution in [2.45, 2.75) is 38.6 Å². The van der Waals surface area contributed by atoms with Crippen LogP contribution in [0.25, 0.3) is 0 Å². The molecule has 1 aromatic carbocycles. The number of likely N-dealkylation sites (N-methyl/N-ethyl adjacent to an activating group) is 1. The zero-order chi connectivity index (χ0) is 16.4. The van der Waals surface area contributed by atoms with E-state index in [9.17, 15) is 9.59 Å². The molecule has 0 radical (unpaired) electrons. The summed E-state index contributed by atoms with van der Waals surface area (Å²) in [7, 11) is 1.69. The van der Waals surface area contributed by atoms with Gasteiger partial charge in [0.15, 0.2) is 0 Å². The Labute approximate surface area is 137 Å². The molecule has 1 unspecified atom stereocenters. The summed E-state index contributed by atoms with van der Waals surface area (Å²) in [6, 6.07) is 7.68. The molecule has 0 aliphatic carbocycles. The zero-order valence-corrected chi connectivity index (χ0v) is 13.9. The van der Waals surface area contributed by atoms with E-state index in [4.69, 9.17) is 0 Å². The molecule has 0 saturated carbocycles. The molecule has 0 aromatic heterocycles. The molecule has 3 rings (SSSR count). The number of likely N-dealkylation sites (tertiary alicyclic amines) is 1. The number of benzene rings is 1. The molecule has 2 aliphatic heterocycles. The normalized spacial score (nSPS) is 22.5. The summed E-state index contributed by atoms with van der Waals surface area (Å²) < 4.78 is 0. The number of nitrogens with zero attached hydrogens (tertiary/aromatic N) is 2. The molecule has 2 saturated heterocycles. The SMILES string of the molecule is CC1CCN(c2ccc(NC(=O)C3CCC(=O)N3C)cc2)CC1. The molecular formula is C18H25N3O2. The van der Waals surface area contributed by atoms with Gasteiger partial charge in [-0.1, -0.05) is 6.92 Å². The quantitative estimate of drug-likeness (QED) is 0.932. The number of carbonyl (C=O) groups is 2. The number of carbonyl (C=O) groups excluding carboxylic acids is 2. The summed E-state index contributed by atoms with van der Waals surface area (Å²) in [4.78, 5) is 27.7. The van der Waals surface area contributed by atoms with Crippen LogP contribution in [-0.4, -0.2) is 42.9 Å². The molecule has 1 aromatic rings. The standard InChI is InChI=1S/C18H25N3O2/c1-13-9-11-21(12-10-13)15-5-3-14(4-6-15)19-18(23)16-7-8-17(22)20(16)2/h3-6,13,16H,7-12H2,1-2H3,(H,19,23). The van der Waals surface area contributed by atoms with Crippen LogP contribution < -0.4 is 10.2 Å². The number of amides is 2. The van der Waals surface area contributed by atoms with Crippen molar-refractivity contribution in [2.24, 2.45) is 5.92 Å². The first-order valence-corrected chi connectivity index (χ1v) is 8.46. The number of rotatable bonds is 3. The Balaban J connectivity index is 1.59. The van der Waals surface area contributed by atoms with E-state index in [1.807, 2.05) is 12.1 Å². The number of anilines is 2. The minimum absolute atomic E-state index is 0.0415. The van der Waals surface area contributed by atoms with Crippen molar-refractivity contribution >= 4 is 23.2 Å². The Morgan fingerprint density at radius 2 is 1.78 bits per heavy atom. The van der Waals surface area contributed by atoms with Crippen molar-refractivity contribution in [3.63, 3.8) is 0 Å². The van der Waals surface area contributed by atoms with Crippen LogP contribution in [0.1, 0.15) is 32.6 Å². The second kappa shape index (κ2) is 6.60. The molecule has 0 spiro atoms. The van der Waals surface area contributed by atoms with Gasteiger partial charge >= 0.3 is 0 Å². The van der Waals surface area contributed by atoms with Crippen molar-refractivity contribution < 1.29 is 9.59 Å². The third-order valence-electron chi connectivity index (χ3n) is 5.08. The lowest BCUT2D eigenvalue weighted by molar-refractivity contribution is -0.131. The Morgan fingerprint density at radius 1 is 1.13 bits per heavy atom. The number of nitrogens with one attached hydrogen (secondary N) is 1. The first-order chi connectivity index (χ1) is 11.0. The van der Waals surface area contributed by atoms with Crippen LogP contribution in [0.4, 0.5) is 11.4 Å². The molecule has 2 fully saturated rings. The molecule has 2 heterocycles. The Bertz CT molecular complexity index is 576. The van der Waals surface area contributed by atoms with Gasteiger partial charge < -0.3 is 15.1 Å². The van der Waals surface area contributed by atoms with Crippen molar-refractivity contribution in [1.29, 1.82) is 0 Å². The van der Waals surface area contributed by atoms with E-state index >= 15 is 0 Å². The highest BCUT2D eigenvalue weighted by Gasteiger charge is 2.33. The van der Waals surface area contributed by atoms with Gasteiger partial charge in [-0.3, -0.25) is 9.59 Å². The maximum atomic E-state index is 12.3. The Morgan fingerprint density at radius 3 is 2.35 bits per heavy atom. The molecule has 124 valence electrons. The predicted octanol–water partition coefficient (Wildman–Crippen LogP) is 2.48. The highest BCUT2D eigenvalue weighted by molar-refractivity contribution is 5.99. The van der Waals surface area contributed by atoms with Crippen molar-refractivity contribution in [1.82, 2.24) is 4.90 Å². The molecule has 1 atom stereocenters. The number of hydrogen-bond donors (Lipinski definition) is 1. The fourth-order valence-corrected chi connectivity index (χ4v) is 3.36. The molecule has 5 nitrogen and oxygen atoms in total. The molecule has 0 bridgehead atoms. The lowest BCUT2D eigenvalue weighted by atomic mass is 9.99. The molecule has 2 aliphatic rings. The van der Waals surface area contributed by atoms with Crippen molar-refractivity contribution in [3.8, 4) is 0 Å². The Hall–Kier alpha value is -2.04. The highest BCUT2D eigenvalue weighted by Crippen LogP contribution is 2.25. The van der Waals surface area contributed by atoms with Crippen molar-refractivity contribution in [3.05, 3.63) is 24.3 Å². The largest absolute Gasteiger partial charge is 0.372 e. The van der Waals surface area contributed by atoms with Crippen LogP contribution in [0.2, 0.25) is 0 Å². The zero-order valence-electron chi connectivity index (χ0n) is 13.9. The van der Waals surface area contributed by atoms with Crippen LogP contribution >= 0.6 is 0 Å². The second-order valence-electron chi connectivity index (χ2n) is 6.76. The lowest BCUT2D eigenvalue weighted by Crippen LogP contribution is -2.38. The third-order valence-corrected chi connectivity index (χ3v) is 5.08. The summed E-state index contributed by atoms with van der Waals surface area (Å²) in [5, 5.41) is 2.92. The average Bonchev–Trinajstić information content (AvgIpc) is 2.89. The van der Waals surface area contributed by atoms with E-state index in [0.717, 1.165) is 24.7 Å². The van der Waals surface area contributed by atoms with E-state index in [1.54, 1.807) is 11.9 Å². The van der Waals surface area contributed by atoms with Crippen LogP contribution in [0, 0.1) is 5.92 Å². The summed E-state index contributed by atoms with van der Waals surface area (Å²) in [6.07, 6.45) is 3.53. The van der Waals surface area contributed by atoms with E-state index in [0.29, 0.717) is 12.8 Å². The van der Waals surface area contributed by atoms with E-state index in [1.165, 1.54) is 18.5 Å². The smallest absolute Gasteiger partial charge is 0.247 e. The van der Waals surface area contributed by atoms with Gasteiger partial charge in [0.2, 0.25) is 11.8 Å². The summed E-state index contributed by atoms with van der Waals surface area (Å²) in [5.74, 6) is 0.758. The van der Waals surface area contributed by atoms with Gasteiger partial charge in [0.1, 0.15) is 6.04 Å². The van der Waals surface area contributed by atoms with Gasteiger partial charge in [0.25, 0.3) is 0 Å². The fraction of sp³-hybridized carbons (Fsp3) is 0.556. The molecule has 2 amide bonds. The van der Waals surface area contributed by atoms with Crippen LogP contribution in [0.3, 0.4) is 0 Å². The van der Waals surface area contributed by atoms with E-state index in [-0.39, 0.29) is 17.9 Å². The third kappa shape index (κ3) is 3.49. The van der Waals surface area contributed by atoms with Crippen LogP contribution in [0.5, 0.6) is 0 Å². The molecule has 1 N–H and O–H groups in total. The minimum Gasteiger partial charge on any atom is -0.372 e. The van der Waals surface area contributed by atoms with Gasteiger partial charge in [-0.15, -0.1) is 0 Å². The van der Waals surface area contributed by atoms with Crippen LogP contribution in [-0.2, 0) is 9.59 Å². The number of hydrogen-bond acceptors (Lipinski definition) is 3. The van der Waals surface area contributed by atoms with Gasteiger partial charge in [0.05, 0.1) is 0 Å². The first-order valence-electron chi connectivity index (χ1n) is 8.46. The first kappa shape index (κ1) is 15.8. The fourth-order valence-electron chi connectivity index (χ4n) is 3.36. The second-order valence-corrected chi connectivity index (χ2v) is 6.76. The highest BCUT2D eigenvalue weighted by atomic mass is 16.2. The van der Waals surface area contributed by atoms with Crippen LogP contribution in [0.15, 0.2) is 24.3 Å². The van der Waals surface area contributed by atoms with Gasteiger partial charge in [0, 0.05) is 37.9 Å². The minimum atomic E-state index is -0.342. The summed E-state index contributed by atoms with van der Waals surface area (Å²) in [6.45, 7) is 4.50. The topological polar surface area (TPSA) is 52.7 Å². The van der Waals surface area contributed by atoms with Gasteiger partial charge in [-0.25, -0.2) is 0 Å². The molecule has 5 heteroatoms. The summed E-state index contributed by atoms with van der Waals surface area (Å²) in [5.41, 5.74) is 2.00. The van der Waals surface area contributed by atoms with E-state index < -0.39 is 0 Å². The monoisotopic (exact) mass is 315 g/mol. The molecular weight excluding hydrogens is 290 g/mol. The maximum absolute atomic E-state index is 12.3.